The Balaban J connectivity index is 1.04. The Morgan fingerprint density at radius 1 is 0.307 bits per heavy atom. The quantitative estimate of drug-likeness (QED) is 0.0841. The summed E-state index contributed by atoms with van der Waals surface area (Å²) in [5.74, 6) is 0.432. The van der Waals surface area contributed by atoms with Crippen LogP contribution in [0.2, 0.25) is 0 Å². The van der Waals surface area contributed by atoms with Gasteiger partial charge in [0.2, 0.25) is 0 Å². The van der Waals surface area contributed by atoms with Crippen LogP contribution >= 0.6 is 0 Å². The summed E-state index contributed by atoms with van der Waals surface area (Å²) in [6, 6.07) is 99.6. The summed E-state index contributed by atoms with van der Waals surface area (Å²) in [6.07, 6.45) is 14.6. The van der Waals surface area contributed by atoms with Gasteiger partial charge in [0.25, 0.3) is 0 Å². The van der Waals surface area contributed by atoms with Crippen molar-refractivity contribution in [2.75, 3.05) is 0 Å². The van der Waals surface area contributed by atoms with Crippen LogP contribution < -0.4 is 0 Å². The number of phenols is 2. The van der Waals surface area contributed by atoms with Crippen LogP contribution in [0.4, 0.5) is 0 Å². The fourth-order valence-electron chi connectivity index (χ4n) is 13.0. The van der Waals surface area contributed by atoms with E-state index in [0.717, 1.165) is 157 Å². The molecule has 418 valence electrons. The highest BCUT2D eigenvalue weighted by atomic mass is 16.3. The molecule has 0 bridgehead atoms. The molecular formula is C86H62O2. The van der Waals surface area contributed by atoms with Gasteiger partial charge < -0.3 is 10.2 Å². The Bertz CT molecular complexity index is 4800. The molecule has 0 aliphatic heterocycles. The number of rotatable bonds is 14. The van der Waals surface area contributed by atoms with E-state index in [0.29, 0.717) is 0 Å². The van der Waals surface area contributed by atoms with Crippen molar-refractivity contribution in [1.82, 2.24) is 0 Å². The van der Waals surface area contributed by atoms with E-state index < -0.39 is 0 Å². The number of benzene rings is 13. The number of hydrogen-bond donors (Lipinski definition) is 2. The number of phenolic OH excluding ortho intramolecular Hbond substituents is 2. The topological polar surface area (TPSA) is 40.5 Å². The fourth-order valence-corrected chi connectivity index (χ4v) is 13.0. The van der Waals surface area contributed by atoms with Crippen molar-refractivity contribution in [1.29, 1.82) is 0 Å². The summed E-state index contributed by atoms with van der Waals surface area (Å²) in [5.41, 5.74) is 26.3. The average Bonchev–Trinajstić information content (AvgIpc) is 0.791. The van der Waals surface area contributed by atoms with Crippen molar-refractivity contribution < 1.29 is 10.2 Å². The molecule has 0 atom stereocenters. The Hall–Kier alpha value is -11.3. The molecule has 0 heterocycles. The molecule has 0 unspecified atom stereocenters. The van der Waals surface area contributed by atoms with Gasteiger partial charge in [-0.15, -0.1) is 0 Å². The zero-order valence-electron chi connectivity index (χ0n) is 48.7. The van der Waals surface area contributed by atoms with Crippen LogP contribution in [0.25, 0.3) is 144 Å². The third-order valence-corrected chi connectivity index (χ3v) is 17.3. The minimum atomic E-state index is 0.210. The van der Waals surface area contributed by atoms with Crippen LogP contribution in [-0.4, -0.2) is 10.2 Å². The lowest BCUT2D eigenvalue weighted by Gasteiger charge is -2.23. The van der Waals surface area contributed by atoms with Crippen molar-refractivity contribution in [3.63, 3.8) is 0 Å². The lowest BCUT2D eigenvalue weighted by atomic mass is 9.80. The number of hydrogen-bond acceptors (Lipinski definition) is 2. The zero-order chi connectivity index (χ0) is 59.5. The van der Waals surface area contributed by atoms with Gasteiger partial charge in [0, 0.05) is 0 Å². The molecule has 0 amide bonds. The maximum absolute atomic E-state index is 10.8. The van der Waals surface area contributed by atoms with E-state index in [1.54, 1.807) is 30.3 Å². The molecule has 13 aromatic rings. The normalized spacial score (nSPS) is 12.3. The summed E-state index contributed by atoms with van der Waals surface area (Å²) in [4.78, 5) is 0. The summed E-state index contributed by atoms with van der Waals surface area (Å²) in [6.45, 7) is 8.11. The first kappa shape index (κ1) is 54.6. The number of allylic oxidation sites excluding steroid dienone is 8. The van der Waals surface area contributed by atoms with E-state index in [1.807, 2.05) is 36.4 Å². The second kappa shape index (κ2) is 24.0. The lowest BCUT2D eigenvalue weighted by molar-refractivity contribution is 0.475. The molecule has 0 fully saturated rings. The van der Waals surface area contributed by atoms with Gasteiger partial charge in [-0.2, -0.15) is 0 Å². The van der Waals surface area contributed by atoms with E-state index in [4.69, 9.17) is 0 Å². The van der Waals surface area contributed by atoms with Crippen LogP contribution in [0.15, 0.2) is 329 Å². The van der Waals surface area contributed by atoms with E-state index >= 15 is 0 Å². The van der Waals surface area contributed by atoms with Gasteiger partial charge in [-0.3, -0.25) is 0 Å². The van der Waals surface area contributed by atoms with Gasteiger partial charge in [-0.1, -0.05) is 280 Å². The lowest BCUT2D eigenvalue weighted by Crippen LogP contribution is -1.97. The van der Waals surface area contributed by atoms with Crippen molar-refractivity contribution in [3.05, 3.63) is 340 Å². The van der Waals surface area contributed by atoms with Crippen molar-refractivity contribution >= 4 is 32.7 Å². The Labute approximate surface area is 515 Å². The predicted molar refractivity (Wildman–Crippen MR) is 374 cm³/mol. The monoisotopic (exact) mass is 1130 g/mol. The third kappa shape index (κ3) is 10.6. The standard InChI is InChI=1S/C86H62O2/c1-3-18-57(4-2)61-29-37-65(38-30-61)79-53-71(54-80(83(79)69-45-49-73(87)50-46-69)66-39-31-62(32-40-66)58-19-8-5-9-20-58)85-75-25-14-16-27-77(75)86(78-28-17-15-26-76(78)85)72-55-81(67-41-33-63(34-42-67)59-21-10-6-11-22-59)84(70-47-51-74(88)52-48-70)82(56-72)68-43-35-64(36-44-68)60-23-12-7-13-24-60/h3-6,8-12,14-56,87-88H,1-2,7,13H2/b57-18+. The summed E-state index contributed by atoms with van der Waals surface area (Å²) in [7, 11) is 0. The van der Waals surface area contributed by atoms with Crippen LogP contribution in [-0.2, 0) is 0 Å². The molecule has 88 heavy (non-hydrogen) atoms. The Morgan fingerprint density at radius 3 is 0.989 bits per heavy atom. The first-order valence-electron chi connectivity index (χ1n) is 30.1. The second-order valence-corrected chi connectivity index (χ2v) is 22.6. The first-order chi connectivity index (χ1) is 43.4. The summed E-state index contributed by atoms with van der Waals surface area (Å²) in [5, 5.41) is 26.0. The van der Waals surface area contributed by atoms with Crippen LogP contribution in [0, 0.1) is 0 Å². The van der Waals surface area contributed by atoms with Gasteiger partial charge in [-0.05, 0) is 216 Å². The largest absolute Gasteiger partial charge is 0.508 e. The summed E-state index contributed by atoms with van der Waals surface area (Å²) < 4.78 is 0. The molecule has 0 saturated heterocycles. The molecule has 0 radical (unpaired) electrons. The Morgan fingerprint density at radius 2 is 0.636 bits per heavy atom. The predicted octanol–water partition coefficient (Wildman–Crippen LogP) is 23.6. The minimum absolute atomic E-state index is 0.210. The SMILES string of the molecule is C=C/C=C(\C=C)c1ccc(-c2cc(-c3c4ccccc4c(-c4cc(-c5ccc(C6=CCCC=C6)cc5)c(-c5ccc(O)cc5)c(-c5ccc(-c6ccccc6)cc5)c4)c4ccccc34)cc(-c3ccc(-c4ccccc4)cc3)c2-c2ccc(O)cc2)cc1. The highest BCUT2D eigenvalue weighted by Gasteiger charge is 2.25. The van der Waals surface area contributed by atoms with Gasteiger partial charge in [0.15, 0.2) is 0 Å². The molecule has 2 heteroatoms. The van der Waals surface area contributed by atoms with Gasteiger partial charge in [0.1, 0.15) is 11.5 Å². The maximum atomic E-state index is 10.8. The van der Waals surface area contributed by atoms with E-state index in [9.17, 15) is 10.2 Å². The zero-order valence-corrected chi connectivity index (χ0v) is 48.7. The number of aromatic hydroxyl groups is 2. The highest BCUT2D eigenvalue weighted by Crippen LogP contribution is 2.51. The Kier molecular flexibility index (Phi) is 14.9. The average molecular weight is 1130 g/mol. The van der Waals surface area contributed by atoms with E-state index in [1.165, 1.54) is 11.1 Å². The summed E-state index contributed by atoms with van der Waals surface area (Å²) >= 11 is 0. The van der Waals surface area contributed by atoms with Crippen LogP contribution in [0.1, 0.15) is 24.0 Å². The molecule has 2 N–H and O–H groups in total. The molecule has 14 rings (SSSR count). The smallest absolute Gasteiger partial charge is 0.115 e. The molecule has 13 aromatic carbocycles. The molecule has 2 nitrogen and oxygen atoms in total. The van der Waals surface area contributed by atoms with Gasteiger partial charge in [-0.25, -0.2) is 0 Å². The maximum Gasteiger partial charge on any atom is 0.115 e. The molecule has 1 aliphatic rings. The van der Waals surface area contributed by atoms with Crippen LogP contribution in [0.3, 0.4) is 0 Å². The van der Waals surface area contributed by atoms with Crippen molar-refractivity contribution in [3.8, 4) is 123 Å². The fraction of sp³-hybridized carbons (Fsp3) is 0.0233. The highest BCUT2D eigenvalue weighted by molar-refractivity contribution is 6.22. The van der Waals surface area contributed by atoms with Crippen molar-refractivity contribution in [2.24, 2.45) is 0 Å². The van der Waals surface area contributed by atoms with Gasteiger partial charge >= 0.3 is 0 Å². The van der Waals surface area contributed by atoms with Crippen molar-refractivity contribution in [2.45, 2.75) is 12.8 Å². The second-order valence-electron chi connectivity index (χ2n) is 22.6. The minimum Gasteiger partial charge on any atom is -0.508 e. The molecule has 0 spiro atoms. The van der Waals surface area contributed by atoms with E-state index in [-0.39, 0.29) is 11.5 Å². The molecule has 0 aromatic heterocycles. The molecular weight excluding hydrogens is 1060 g/mol. The first-order valence-corrected chi connectivity index (χ1v) is 30.1. The van der Waals surface area contributed by atoms with E-state index in [2.05, 4.69) is 262 Å². The molecule has 1 aliphatic carbocycles. The molecule has 0 saturated carbocycles. The van der Waals surface area contributed by atoms with Crippen LogP contribution in [0.5, 0.6) is 11.5 Å². The van der Waals surface area contributed by atoms with Gasteiger partial charge in [0.05, 0.1) is 0 Å². The number of fused-ring (bicyclic) bond motifs is 2. The third-order valence-electron chi connectivity index (χ3n) is 17.3.